The first kappa shape index (κ1) is 17.1. The third-order valence-corrected chi connectivity index (χ3v) is 3.99. The van der Waals surface area contributed by atoms with Crippen LogP contribution in [0.5, 0.6) is 0 Å². The summed E-state index contributed by atoms with van der Waals surface area (Å²) < 4.78 is 0. The van der Waals surface area contributed by atoms with Gasteiger partial charge in [-0.05, 0) is 48.7 Å². The van der Waals surface area contributed by atoms with Crippen LogP contribution in [0.3, 0.4) is 0 Å². The number of anilines is 3. The van der Waals surface area contributed by atoms with E-state index in [-0.39, 0.29) is 11.8 Å². The number of nitrogens with zero attached hydrogens (tertiary/aromatic N) is 4. The maximum absolute atomic E-state index is 9.59. The summed E-state index contributed by atoms with van der Waals surface area (Å²) in [5.41, 5.74) is 10.2. The molecule has 3 rings (SSSR count). The van der Waals surface area contributed by atoms with Crippen LogP contribution in [-0.4, -0.2) is 15.0 Å². The molecule has 6 nitrogen and oxygen atoms in total. The van der Waals surface area contributed by atoms with Gasteiger partial charge in [-0.15, -0.1) is 0 Å². The minimum Gasteiger partial charge on any atom is -0.368 e. The Hall–Kier alpha value is -3.72. The number of hydrogen-bond donors (Lipinski definition) is 2. The number of nitrogens with one attached hydrogen (secondary N) is 1. The molecule has 1 aromatic heterocycles. The second-order valence-corrected chi connectivity index (χ2v) is 5.79. The van der Waals surface area contributed by atoms with Crippen LogP contribution >= 0.6 is 0 Å². The molecular formula is C20H18N6. The van der Waals surface area contributed by atoms with E-state index in [2.05, 4.69) is 26.3 Å². The highest BCUT2D eigenvalue weighted by Crippen LogP contribution is 2.21. The third-order valence-electron chi connectivity index (χ3n) is 3.99. The first-order chi connectivity index (χ1) is 12.6. The van der Waals surface area contributed by atoms with Gasteiger partial charge in [-0.2, -0.15) is 20.2 Å². The third kappa shape index (κ3) is 3.84. The van der Waals surface area contributed by atoms with Crippen LogP contribution in [0, 0.1) is 25.2 Å². The molecule has 1 heterocycles. The number of para-hydroxylation sites is 1. The minimum atomic E-state index is 0.0514. The Bertz CT molecular complexity index is 1000. The van der Waals surface area contributed by atoms with Crippen molar-refractivity contribution in [1.29, 1.82) is 5.26 Å². The molecule has 3 aromatic rings. The van der Waals surface area contributed by atoms with Crippen molar-refractivity contribution in [3.63, 3.8) is 0 Å². The molecule has 0 saturated heterocycles. The van der Waals surface area contributed by atoms with E-state index < -0.39 is 0 Å². The second-order valence-electron chi connectivity index (χ2n) is 5.79. The van der Waals surface area contributed by atoms with Crippen LogP contribution in [0.25, 0.3) is 11.6 Å². The SMILES string of the molecule is Cc1cccc(/C=C(\C#N)c2nc(N)nc(Nc3ccccc3)n2)c1C. The fourth-order valence-electron chi connectivity index (χ4n) is 2.45. The molecule has 0 bridgehead atoms. The Balaban J connectivity index is 2.00. The number of nitrogens with two attached hydrogens (primary N) is 1. The average Bonchev–Trinajstić information content (AvgIpc) is 2.63. The van der Waals surface area contributed by atoms with Crippen LogP contribution in [0.15, 0.2) is 48.5 Å². The van der Waals surface area contributed by atoms with Crippen molar-refractivity contribution < 1.29 is 0 Å². The maximum atomic E-state index is 9.59. The largest absolute Gasteiger partial charge is 0.368 e. The highest BCUT2D eigenvalue weighted by molar-refractivity contribution is 5.88. The van der Waals surface area contributed by atoms with Crippen LogP contribution in [-0.2, 0) is 0 Å². The van der Waals surface area contributed by atoms with Crippen molar-refractivity contribution in [3.05, 3.63) is 71.0 Å². The molecule has 0 aliphatic carbocycles. The van der Waals surface area contributed by atoms with Crippen molar-refractivity contribution in [2.75, 3.05) is 11.1 Å². The maximum Gasteiger partial charge on any atom is 0.232 e. The Morgan fingerprint density at radius 2 is 1.81 bits per heavy atom. The monoisotopic (exact) mass is 342 g/mol. The van der Waals surface area contributed by atoms with Gasteiger partial charge >= 0.3 is 0 Å². The topological polar surface area (TPSA) is 101 Å². The lowest BCUT2D eigenvalue weighted by Crippen LogP contribution is -2.06. The molecule has 0 radical (unpaired) electrons. The van der Waals surface area contributed by atoms with Gasteiger partial charge in [0.05, 0.1) is 5.57 Å². The molecule has 3 N–H and O–H groups in total. The Labute approximate surface area is 152 Å². The molecule has 0 unspecified atom stereocenters. The molecule has 128 valence electrons. The molecule has 0 spiro atoms. The van der Waals surface area contributed by atoms with E-state index in [0.717, 1.165) is 22.4 Å². The summed E-state index contributed by atoms with van der Waals surface area (Å²) in [4.78, 5) is 12.6. The van der Waals surface area contributed by atoms with Gasteiger partial charge in [0.25, 0.3) is 0 Å². The van der Waals surface area contributed by atoms with Crippen molar-refractivity contribution in [1.82, 2.24) is 15.0 Å². The number of allylic oxidation sites excluding steroid dienone is 1. The van der Waals surface area contributed by atoms with Crippen molar-refractivity contribution in [2.45, 2.75) is 13.8 Å². The van der Waals surface area contributed by atoms with E-state index in [1.807, 2.05) is 62.4 Å². The first-order valence-electron chi connectivity index (χ1n) is 8.09. The lowest BCUT2D eigenvalue weighted by Gasteiger charge is -2.08. The fraction of sp³-hybridized carbons (Fsp3) is 0.100. The van der Waals surface area contributed by atoms with Gasteiger partial charge in [0.15, 0.2) is 5.82 Å². The number of benzene rings is 2. The van der Waals surface area contributed by atoms with E-state index in [1.165, 1.54) is 0 Å². The Morgan fingerprint density at radius 1 is 1.04 bits per heavy atom. The van der Waals surface area contributed by atoms with Gasteiger partial charge in [-0.1, -0.05) is 36.4 Å². The fourth-order valence-corrected chi connectivity index (χ4v) is 2.45. The quantitative estimate of drug-likeness (QED) is 0.698. The zero-order valence-corrected chi connectivity index (χ0v) is 14.6. The molecule has 0 aliphatic heterocycles. The van der Waals surface area contributed by atoms with E-state index >= 15 is 0 Å². The molecule has 2 aromatic carbocycles. The molecule has 6 heteroatoms. The number of nitriles is 1. The van der Waals surface area contributed by atoms with Crippen molar-refractivity contribution in [3.8, 4) is 6.07 Å². The predicted molar refractivity (Wildman–Crippen MR) is 103 cm³/mol. The van der Waals surface area contributed by atoms with Gasteiger partial charge in [0.1, 0.15) is 6.07 Å². The first-order valence-corrected chi connectivity index (χ1v) is 8.09. The Morgan fingerprint density at radius 3 is 2.54 bits per heavy atom. The predicted octanol–water partition coefficient (Wildman–Crippen LogP) is 3.88. The highest BCUT2D eigenvalue weighted by Gasteiger charge is 2.11. The summed E-state index contributed by atoms with van der Waals surface area (Å²) in [6.45, 7) is 4.04. The molecule has 0 atom stereocenters. The van der Waals surface area contributed by atoms with Crippen LogP contribution in [0.1, 0.15) is 22.5 Å². The number of rotatable bonds is 4. The molecule has 0 fully saturated rings. The average molecular weight is 342 g/mol. The summed E-state index contributed by atoms with van der Waals surface area (Å²) in [6.07, 6.45) is 1.77. The van der Waals surface area contributed by atoms with Crippen molar-refractivity contribution >= 4 is 29.2 Å². The lowest BCUT2D eigenvalue weighted by atomic mass is 10.0. The summed E-state index contributed by atoms with van der Waals surface area (Å²) >= 11 is 0. The Kier molecular flexibility index (Phi) is 4.90. The van der Waals surface area contributed by atoms with Gasteiger partial charge in [0, 0.05) is 5.69 Å². The lowest BCUT2D eigenvalue weighted by molar-refractivity contribution is 1.04. The number of hydrogen-bond acceptors (Lipinski definition) is 6. The van der Waals surface area contributed by atoms with Gasteiger partial charge in [-0.3, -0.25) is 0 Å². The number of aromatic nitrogens is 3. The van der Waals surface area contributed by atoms with Gasteiger partial charge < -0.3 is 11.1 Å². The minimum absolute atomic E-state index is 0.0514. The van der Waals surface area contributed by atoms with Crippen LogP contribution < -0.4 is 11.1 Å². The summed E-state index contributed by atoms with van der Waals surface area (Å²) in [6, 6.07) is 17.6. The van der Waals surface area contributed by atoms with Crippen molar-refractivity contribution in [2.24, 2.45) is 0 Å². The van der Waals surface area contributed by atoms with E-state index in [1.54, 1.807) is 6.08 Å². The number of nitrogen functional groups attached to an aromatic ring is 1. The zero-order chi connectivity index (χ0) is 18.5. The molecular weight excluding hydrogens is 324 g/mol. The van der Waals surface area contributed by atoms with Gasteiger partial charge in [0.2, 0.25) is 11.9 Å². The smallest absolute Gasteiger partial charge is 0.232 e. The van der Waals surface area contributed by atoms with E-state index in [9.17, 15) is 5.26 Å². The molecule has 0 saturated carbocycles. The summed E-state index contributed by atoms with van der Waals surface area (Å²) in [5.74, 6) is 0.579. The molecule has 26 heavy (non-hydrogen) atoms. The van der Waals surface area contributed by atoms with Crippen LogP contribution in [0.4, 0.5) is 17.6 Å². The van der Waals surface area contributed by atoms with E-state index in [4.69, 9.17) is 5.73 Å². The summed E-state index contributed by atoms with van der Waals surface area (Å²) in [7, 11) is 0. The molecule has 0 amide bonds. The second kappa shape index (κ2) is 7.45. The van der Waals surface area contributed by atoms with E-state index in [0.29, 0.717) is 11.5 Å². The summed E-state index contributed by atoms with van der Waals surface area (Å²) in [5, 5.41) is 12.7. The van der Waals surface area contributed by atoms with Gasteiger partial charge in [-0.25, -0.2) is 0 Å². The highest BCUT2D eigenvalue weighted by atomic mass is 15.2. The number of aryl methyl sites for hydroxylation is 1. The van der Waals surface area contributed by atoms with Crippen LogP contribution in [0.2, 0.25) is 0 Å². The zero-order valence-electron chi connectivity index (χ0n) is 14.6. The normalized spacial score (nSPS) is 11.0. The standard InChI is InChI=1S/C20H18N6/c1-13-7-6-8-15(14(13)2)11-16(12-21)18-24-19(22)26-20(25-18)23-17-9-4-3-5-10-17/h3-11H,1-2H3,(H3,22,23,24,25,26)/b16-11+. The molecule has 0 aliphatic rings.